The summed E-state index contributed by atoms with van der Waals surface area (Å²) in [6.07, 6.45) is 1.35. The van der Waals surface area contributed by atoms with E-state index in [0.717, 1.165) is 21.5 Å². The normalized spacial score (nSPS) is 15.3. The number of carbonyl (C=O) groups excluding carboxylic acids is 2. The molecular formula is C20H24N2O3S. The highest BCUT2D eigenvalue weighted by Crippen LogP contribution is 2.26. The summed E-state index contributed by atoms with van der Waals surface area (Å²) < 4.78 is 4.79. The van der Waals surface area contributed by atoms with Gasteiger partial charge >= 0.3 is 5.97 Å². The van der Waals surface area contributed by atoms with Crippen molar-refractivity contribution in [2.75, 3.05) is 26.0 Å². The molecule has 26 heavy (non-hydrogen) atoms. The minimum atomic E-state index is -0.169. The standard InChI is InChI=1S/C20H24N2O3S/c1-13-5-4-6-16-14(2)11-17(21-19(13)16)26-12-18(23)22-9-7-15(8-10-22)20(24)25-3/h4-6,11,15H,7-10,12H2,1-3H3. The number of para-hydroxylation sites is 1. The molecule has 1 aromatic carbocycles. The van der Waals surface area contributed by atoms with Crippen LogP contribution in [-0.4, -0.2) is 47.7 Å². The molecule has 1 amide bonds. The van der Waals surface area contributed by atoms with Crippen LogP contribution in [0.25, 0.3) is 10.9 Å². The number of methoxy groups -OCH3 is 1. The molecule has 2 aromatic rings. The molecule has 0 atom stereocenters. The van der Waals surface area contributed by atoms with Crippen molar-refractivity contribution in [1.29, 1.82) is 0 Å². The Bertz CT molecular complexity index is 829. The van der Waals surface area contributed by atoms with E-state index in [9.17, 15) is 9.59 Å². The fourth-order valence-corrected chi connectivity index (χ4v) is 4.23. The van der Waals surface area contributed by atoms with Gasteiger partial charge in [0, 0.05) is 18.5 Å². The Morgan fingerprint density at radius 1 is 1.23 bits per heavy atom. The van der Waals surface area contributed by atoms with Gasteiger partial charge in [-0.15, -0.1) is 0 Å². The smallest absolute Gasteiger partial charge is 0.308 e. The molecule has 1 aromatic heterocycles. The average Bonchev–Trinajstić information content (AvgIpc) is 2.66. The number of piperidine rings is 1. The summed E-state index contributed by atoms with van der Waals surface area (Å²) in [5.74, 6) is 0.219. The Labute approximate surface area is 158 Å². The van der Waals surface area contributed by atoms with Crippen molar-refractivity contribution in [2.45, 2.75) is 31.7 Å². The number of likely N-dealkylation sites (tertiary alicyclic amines) is 1. The number of ether oxygens (including phenoxy) is 1. The minimum absolute atomic E-state index is 0.0792. The lowest BCUT2D eigenvalue weighted by molar-refractivity contribution is -0.148. The van der Waals surface area contributed by atoms with E-state index in [1.165, 1.54) is 24.4 Å². The first-order valence-electron chi connectivity index (χ1n) is 8.85. The molecule has 5 nitrogen and oxygen atoms in total. The largest absolute Gasteiger partial charge is 0.469 e. The Morgan fingerprint density at radius 3 is 2.65 bits per heavy atom. The number of esters is 1. The van der Waals surface area contributed by atoms with Gasteiger partial charge in [-0.2, -0.15) is 0 Å². The lowest BCUT2D eigenvalue weighted by atomic mass is 9.97. The molecule has 0 bridgehead atoms. The lowest BCUT2D eigenvalue weighted by Gasteiger charge is -2.30. The van der Waals surface area contributed by atoms with Gasteiger partial charge < -0.3 is 9.64 Å². The Hall–Kier alpha value is -2.08. The fourth-order valence-electron chi connectivity index (χ4n) is 3.36. The van der Waals surface area contributed by atoms with Crippen LogP contribution in [0.1, 0.15) is 24.0 Å². The quantitative estimate of drug-likeness (QED) is 0.608. The molecule has 1 aliphatic rings. The molecule has 138 valence electrons. The number of fused-ring (bicyclic) bond motifs is 1. The van der Waals surface area contributed by atoms with Crippen molar-refractivity contribution in [3.05, 3.63) is 35.4 Å². The number of pyridine rings is 1. The highest BCUT2D eigenvalue weighted by Gasteiger charge is 2.27. The van der Waals surface area contributed by atoms with Crippen LogP contribution in [0.2, 0.25) is 0 Å². The van der Waals surface area contributed by atoms with Crippen molar-refractivity contribution in [1.82, 2.24) is 9.88 Å². The summed E-state index contributed by atoms with van der Waals surface area (Å²) in [5.41, 5.74) is 3.32. The fraction of sp³-hybridized carbons (Fsp3) is 0.450. The van der Waals surface area contributed by atoms with Crippen molar-refractivity contribution in [2.24, 2.45) is 5.92 Å². The number of hydrogen-bond acceptors (Lipinski definition) is 5. The maximum Gasteiger partial charge on any atom is 0.308 e. The molecule has 3 rings (SSSR count). The molecule has 2 heterocycles. The van der Waals surface area contributed by atoms with E-state index >= 15 is 0 Å². The molecule has 0 unspecified atom stereocenters. The number of aromatic nitrogens is 1. The summed E-state index contributed by atoms with van der Waals surface area (Å²) in [7, 11) is 1.41. The van der Waals surface area contributed by atoms with Gasteiger partial charge in [-0.3, -0.25) is 9.59 Å². The zero-order chi connectivity index (χ0) is 18.7. The molecule has 1 saturated heterocycles. The topological polar surface area (TPSA) is 59.5 Å². The Kier molecular flexibility index (Phi) is 5.81. The number of carbonyl (C=O) groups is 2. The number of amides is 1. The third-order valence-electron chi connectivity index (χ3n) is 4.95. The van der Waals surface area contributed by atoms with Crippen LogP contribution < -0.4 is 0 Å². The van der Waals surface area contributed by atoms with Crippen LogP contribution in [0.5, 0.6) is 0 Å². The van der Waals surface area contributed by atoms with Gasteiger partial charge in [0.05, 0.1) is 29.3 Å². The van der Waals surface area contributed by atoms with Crippen LogP contribution in [0.15, 0.2) is 29.3 Å². The molecule has 1 fully saturated rings. The van der Waals surface area contributed by atoms with E-state index in [1.54, 1.807) is 0 Å². The van der Waals surface area contributed by atoms with Crippen LogP contribution >= 0.6 is 11.8 Å². The lowest BCUT2D eigenvalue weighted by Crippen LogP contribution is -2.41. The zero-order valence-corrected chi connectivity index (χ0v) is 16.3. The van der Waals surface area contributed by atoms with Gasteiger partial charge in [0.1, 0.15) is 0 Å². The van der Waals surface area contributed by atoms with Gasteiger partial charge in [0.25, 0.3) is 0 Å². The highest BCUT2D eigenvalue weighted by atomic mass is 32.2. The number of hydrogen-bond donors (Lipinski definition) is 0. The summed E-state index contributed by atoms with van der Waals surface area (Å²) in [6.45, 7) is 5.36. The summed E-state index contributed by atoms with van der Waals surface area (Å²) >= 11 is 1.48. The zero-order valence-electron chi connectivity index (χ0n) is 15.4. The first-order valence-corrected chi connectivity index (χ1v) is 9.83. The van der Waals surface area contributed by atoms with Crippen molar-refractivity contribution >= 4 is 34.5 Å². The predicted octanol–water partition coefficient (Wildman–Crippen LogP) is 3.36. The van der Waals surface area contributed by atoms with E-state index in [0.29, 0.717) is 31.7 Å². The van der Waals surface area contributed by atoms with E-state index < -0.39 is 0 Å². The van der Waals surface area contributed by atoms with Crippen LogP contribution in [0, 0.1) is 19.8 Å². The molecule has 0 radical (unpaired) electrons. The molecule has 0 N–H and O–H groups in total. The first-order chi connectivity index (χ1) is 12.5. The van der Waals surface area contributed by atoms with Crippen LogP contribution in [-0.2, 0) is 14.3 Å². The van der Waals surface area contributed by atoms with E-state index in [1.807, 2.05) is 17.0 Å². The number of nitrogens with zero attached hydrogens (tertiary/aromatic N) is 2. The summed E-state index contributed by atoms with van der Waals surface area (Å²) in [6, 6.07) is 8.22. The molecular weight excluding hydrogens is 348 g/mol. The van der Waals surface area contributed by atoms with E-state index in [2.05, 4.69) is 26.0 Å². The number of aryl methyl sites for hydroxylation is 2. The summed E-state index contributed by atoms with van der Waals surface area (Å²) in [4.78, 5) is 30.6. The van der Waals surface area contributed by atoms with Gasteiger partial charge in [0.15, 0.2) is 0 Å². The molecule has 6 heteroatoms. The number of rotatable bonds is 4. The number of thioether (sulfide) groups is 1. The second-order valence-electron chi connectivity index (χ2n) is 6.72. The maximum absolute atomic E-state index is 12.5. The van der Waals surface area contributed by atoms with Gasteiger partial charge in [-0.1, -0.05) is 30.0 Å². The van der Waals surface area contributed by atoms with Crippen molar-refractivity contribution in [3.63, 3.8) is 0 Å². The van der Waals surface area contributed by atoms with Crippen molar-refractivity contribution in [3.8, 4) is 0 Å². The third kappa shape index (κ3) is 4.01. The minimum Gasteiger partial charge on any atom is -0.469 e. The van der Waals surface area contributed by atoms with Crippen molar-refractivity contribution < 1.29 is 14.3 Å². The summed E-state index contributed by atoms with van der Waals surface area (Å²) in [5, 5.41) is 2.03. The van der Waals surface area contributed by atoms with Crippen LogP contribution in [0.3, 0.4) is 0 Å². The van der Waals surface area contributed by atoms with E-state index in [-0.39, 0.29) is 17.8 Å². The average molecular weight is 372 g/mol. The Balaban J connectivity index is 1.61. The maximum atomic E-state index is 12.5. The van der Waals surface area contributed by atoms with Crippen LogP contribution in [0.4, 0.5) is 0 Å². The first kappa shape index (κ1) is 18.7. The molecule has 1 aliphatic heterocycles. The second-order valence-corrected chi connectivity index (χ2v) is 7.71. The highest BCUT2D eigenvalue weighted by molar-refractivity contribution is 7.99. The monoisotopic (exact) mass is 372 g/mol. The number of benzene rings is 1. The van der Waals surface area contributed by atoms with E-state index in [4.69, 9.17) is 9.72 Å². The molecule has 0 spiro atoms. The van der Waals surface area contributed by atoms with Gasteiger partial charge in [-0.05, 0) is 43.9 Å². The molecule has 0 aliphatic carbocycles. The Morgan fingerprint density at radius 2 is 1.96 bits per heavy atom. The predicted molar refractivity (Wildman–Crippen MR) is 103 cm³/mol. The van der Waals surface area contributed by atoms with Gasteiger partial charge in [0.2, 0.25) is 5.91 Å². The SMILES string of the molecule is COC(=O)C1CCN(C(=O)CSc2cc(C)c3cccc(C)c3n2)CC1. The molecule has 0 saturated carbocycles. The van der Waals surface area contributed by atoms with Gasteiger partial charge in [-0.25, -0.2) is 4.98 Å². The second kappa shape index (κ2) is 8.08. The third-order valence-corrected chi connectivity index (χ3v) is 5.85.